The van der Waals surface area contributed by atoms with E-state index in [1.165, 1.54) is 5.56 Å². The summed E-state index contributed by atoms with van der Waals surface area (Å²) in [5, 5.41) is 5.74. The van der Waals surface area contributed by atoms with Gasteiger partial charge >= 0.3 is 0 Å². The molecule has 2 amide bonds. The van der Waals surface area contributed by atoms with Crippen molar-refractivity contribution in [3.63, 3.8) is 0 Å². The van der Waals surface area contributed by atoms with Crippen LogP contribution in [0.3, 0.4) is 0 Å². The molecular formula is C24H24N2O2. The molecule has 0 bridgehead atoms. The Morgan fingerprint density at radius 3 is 1.75 bits per heavy atom. The molecule has 4 nitrogen and oxygen atoms in total. The Morgan fingerprint density at radius 2 is 1.25 bits per heavy atom. The van der Waals surface area contributed by atoms with E-state index in [1.54, 1.807) is 30.3 Å². The van der Waals surface area contributed by atoms with Gasteiger partial charge in [-0.1, -0.05) is 43.7 Å². The Morgan fingerprint density at radius 1 is 0.714 bits per heavy atom. The lowest BCUT2D eigenvalue weighted by Crippen LogP contribution is -2.13. The van der Waals surface area contributed by atoms with Crippen molar-refractivity contribution in [1.82, 2.24) is 0 Å². The maximum atomic E-state index is 12.4. The molecule has 0 aromatic heterocycles. The summed E-state index contributed by atoms with van der Waals surface area (Å²) in [6, 6.07) is 22.1. The normalized spacial score (nSPS) is 10.6. The highest BCUT2D eigenvalue weighted by Gasteiger charge is 2.09. The van der Waals surface area contributed by atoms with Gasteiger partial charge in [-0.25, -0.2) is 0 Å². The number of carbonyl (C=O) groups is 2. The number of rotatable bonds is 5. The molecule has 0 aliphatic heterocycles. The minimum Gasteiger partial charge on any atom is -0.322 e. The van der Waals surface area contributed by atoms with Crippen molar-refractivity contribution in [2.45, 2.75) is 26.7 Å². The summed E-state index contributed by atoms with van der Waals surface area (Å²) < 4.78 is 0. The topological polar surface area (TPSA) is 58.2 Å². The minimum absolute atomic E-state index is 0.160. The molecular weight excluding hydrogens is 348 g/mol. The fourth-order valence-electron chi connectivity index (χ4n) is 2.85. The van der Waals surface area contributed by atoms with Gasteiger partial charge in [-0.15, -0.1) is 0 Å². The van der Waals surface area contributed by atoms with Crippen LogP contribution in [-0.2, 0) is 0 Å². The summed E-state index contributed by atoms with van der Waals surface area (Å²) in [7, 11) is 0. The van der Waals surface area contributed by atoms with Gasteiger partial charge in [0.05, 0.1) is 0 Å². The smallest absolute Gasteiger partial charge is 0.255 e. The maximum absolute atomic E-state index is 12.4. The SMILES string of the molecule is Cc1cccc(C(=O)Nc2ccc(NC(=O)c3ccc(C(C)C)cc3)cc2)c1. The third-order valence-electron chi connectivity index (χ3n) is 4.52. The van der Waals surface area contributed by atoms with E-state index in [-0.39, 0.29) is 11.8 Å². The second kappa shape index (κ2) is 8.53. The van der Waals surface area contributed by atoms with E-state index in [4.69, 9.17) is 0 Å². The van der Waals surface area contributed by atoms with Crippen LogP contribution in [0.4, 0.5) is 11.4 Å². The van der Waals surface area contributed by atoms with Gasteiger partial charge in [0.1, 0.15) is 0 Å². The molecule has 3 aromatic carbocycles. The third kappa shape index (κ3) is 4.86. The zero-order chi connectivity index (χ0) is 20.1. The Labute approximate surface area is 165 Å². The van der Waals surface area contributed by atoms with Gasteiger partial charge in [0.15, 0.2) is 0 Å². The van der Waals surface area contributed by atoms with Crippen LogP contribution in [0.1, 0.15) is 51.6 Å². The average Bonchev–Trinajstić information content (AvgIpc) is 2.69. The van der Waals surface area contributed by atoms with Crippen LogP contribution in [0.15, 0.2) is 72.8 Å². The molecule has 0 atom stereocenters. The van der Waals surface area contributed by atoms with Crippen LogP contribution in [0, 0.1) is 6.92 Å². The number of aryl methyl sites for hydroxylation is 1. The first-order valence-electron chi connectivity index (χ1n) is 9.32. The van der Waals surface area contributed by atoms with E-state index in [0.717, 1.165) is 5.56 Å². The van der Waals surface area contributed by atoms with Crippen molar-refractivity contribution >= 4 is 23.2 Å². The molecule has 0 unspecified atom stereocenters. The molecule has 0 saturated heterocycles. The van der Waals surface area contributed by atoms with Crippen LogP contribution in [0.5, 0.6) is 0 Å². The van der Waals surface area contributed by atoms with Crippen LogP contribution in [-0.4, -0.2) is 11.8 Å². The average molecular weight is 372 g/mol. The molecule has 4 heteroatoms. The largest absolute Gasteiger partial charge is 0.322 e. The lowest BCUT2D eigenvalue weighted by atomic mass is 10.0. The molecule has 3 rings (SSSR count). The Balaban J connectivity index is 1.62. The van der Waals surface area contributed by atoms with Gasteiger partial charge in [-0.2, -0.15) is 0 Å². The van der Waals surface area contributed by atoms with E-state index in [0.29, 0.717) is 28.4 Å². The van der Waals surface area contributed by atoms with Crippen LogP contribution < -0.4 is 10.6 Å². The number of amides is 2. The molecule has 0 aliphatic rings. The van der Waals surface area contributed by atoms with Crippen LogP contribution in [0.25, 0.3) is 0 Å². The van der Waals surface area contributed by atoms with Crippen LogP contribution in [0.2, 0.25) is 0 Å². The van der Waals surface area contributed by atoms with Crippen molar-refractivity contribution in [1.29, 1.82) is 0 Å². The van der Waals surface area contributed by atoms with Gasteiger partial charge in [-0.05, 0) is 66.9 Å². The summed E-state index contributed by atoms with van der Waals surface area (Å²) in [6.07, 6.45) is 0. The fraction of sp³-hybridized carbons (Fsp3) is 0.167. The van der Waals surface area contributed by atoms with E-state index in [9.17, 15) is 9.59 Å². The molecule has 0 saturated carbocycles. The highest BCUT2D eigenvalue weighted by Crippen LogP contribution is 2.18. The van der Waals surface area contributed by atoms with Crippen molar-refractivity contribution < 1.29 is 9.59 Å². The first-order valence-corrected chi connectivity index (χ1v) is 9.32. The number of hydrogen-bond acceptors (Lipinski definition) is 2. The van der Waals surface area contributed by atoms with Gasteiger partial charge in [0.2, 0.25) is 0 Å². The second-order valence-electron chi connectivity index (χ2n) is 7.13. The number of nitrogens with one attached hydrogen (secondary N) is 2. The molecule has 0 radical (unpaired) electrons. The van der Waals surface area contributed by atoms with Crippen LogP contribution >= 0.6 is 0 Å². The predicted octanol–water partition coefficient (Wildman–Crippen LogP) is 5.62. The van der Waals surface area contributed by atoms with Crippen molar-refractivity contribution in [3.05, 3.63) is 95.1 Å². The monoisotopic (exact) mass is 372 g/mol. The van der Waals surface area contributed by atoms with Crippen molar-refractivity contribution in [3.8, 4) is 0 Å². The zero-order valence-corrected chi connectivity index (χ0v) is 16.3. The number of benzene rings is 3. The van der Waals surface area contributed by atoms with E-state index in [2.05, 4.69) is 24.5 Å². The van der Waals surface area contributed by atoms with Gasteiger partial charge < -0.3 is 10.6 Å². The van der Waals surface area contributed by atoms with E-state index >= 15 is 0 Å². The van der Waals surface area contributed by atoms with E-state index < -0.39 is 0 Å². The molecule has 0 aliphatic carbocycles. The number of anilines is 2. The summed E-state index contributed by atoms with van der Waals surface area (Å²) >= 11 is 0. The Kier molecular flexibility index (Phi) is 5.90. The quantitative estimate of drug-likeness (QED) is 0.610. The number of hydrogen-bond donors (Lipinski definition) is 2. The Bertz CT molecular complexity index is 974. The predicted molar refractivity (Wildman–Crippen MR) is 114 cm³/mol. The lowest BCUT2D eigenvalue weighted by Gasteiger charge is -2.09. The highest BCUT2D eigenvalue weighted by molar-refractivity contribution is 6.05. The molecule has 2 N–H and O–H groups in total. The molecule has 0 heterocycles. The fourth-order valence-corrected chi connectivity index (χ4v) is 2.85. The van der Waals surface area contributed by atoms with Gasteiger partial charge in [-0.3, -0.25) is 9.59 Å². The first-order chi connectivity index (χ1) is 13.4. The maximum Gasteiger partial charge on any atom is 0.255 e. The summed E-state index contributed by atoms with van der Waals surface area (Å²) in [4.78, 5) is 24.7. The molecule has 0 spiro atoms. The number of carbonyl (C=O) groups excluding carboxylic acids is 2. The molecule has 0 fully saturated rings. The highest BCUT2D eigenvalue weighted by atomic mass is 16.2. The minimum atomic E-state index is -0.161. The molecule has 28 heavy (non-hydrogen) atoms. The van der Waals surface area contributed by atoms with Gasteiger partial charge in [0.25, 0.3) is 11.8 Å². The Hall–Kier alpha value is -3.40. The van der Waals surface area contributed by atoms with Crippen molar-refractivity contribution in [2.24, 2.45) is 0 Å². The first kappa shape index (κ1) is 19.4. The third-order valence-corrected chi connectivity index (χ3v) is 4.52. The summed E-state index contributed by atoms with van der Waals surface area (Å²) in [5.74, 6) is 0.109. The molecule has 142 valence electrons. The van der Waals surface area contributed by atoms with Crippen molar-refractivity contribution in [2.75, 3.05) is 10.6 Å². The van der Waals surface area contributed by atoms with E-state index in [1.807, 2.05) is 49.4 Å². The standard InChI is InChI=1S/C24H24N2O2/c1-16(2)18-7-9-19(10-8-18)23(27)25-21-11-13-22(14-12-21)26-24(28)20-6-4-5-17(3)15-20/h4-16H,1-3H3,(H,25,27)(H,26,28). The molecule has 3 aromatic rings. The second-order valence-corrected chi connectivity index (χ2v) is 7.13. The van der Waals surface area contributed by atoms with Gasteiger partial charge in [0, 0.05) is 22.5 Å². The zero-order valence-electron chi connectivity index (χ0n) is 16.3. The summed E-state index contributed by atoms with van der Waals surface area (Å²) in [5.41, 5.74) is 4.80. The lowest BCUT2D eigenvalue weighted by molar-refractivity contribution is 0.101. The summed E-state index contributed by atoms with van der Waals surface area (Å²) in [6.45, 7) is 6.19.